The third-order valence-electron chi connectivity index (χ3n) is 3.50. The fourth-order valence-electron chi connectivity index (χ4n) is 2.30. The predicted molar refractivity (Wildman–Crippen MR) is 78.0 cm³/mol. The summed E-state index contributed by atoms with van der Waals surface area (Å²) < 4.78 is 0. The maximum Gasteiger partial charge on any atom is 0.0406 e. The van der Waals surface area contributed by atoms with Crippen molar-refractivity contribution in [3.05, 3.63) is 64.9 Å². The average Bonchev–Trinajstić information content (AvgIpc) is 3.26. The highest BCUT2D eigenvalue weighted by atomic mass is 35.5. The van der Waals surface area contributed by atoms with Gasteiger partial charge in [-0.2, -0.15) is 0 Å². The van der Waals surface area contributed by atoms with Gasteiger partial charge in [0.25, 0.3) is 0 Å². The fraction of sp³-hybridized carbons (Fsp3) is 0.312. The zero-order chi connectivity index (χ0) is 13.1. The first-order valence-electron chi connectivity index (χ1n) is 6.69. The molecule has 0 spiro atoms. The largest absolute Gasteiger partial charge is 0.292 e. The van der Waals surface area contributed by atoms with Gasteiger partial charge in [-0.05, 0) is 48.2 Å². The summed E-state index contributed by atoms with van der Waals surface area (Å²) in [6.45, 7) is 1.99. The molecule has 1 fully saturated rings. The van der Waals surface area contributed by atoms with E-state index in [-0.39, 0.29) is 0 Å². The minimum absolute atomic E-state index is 0.740. The SMILES string of the molecule is Clc1ccc(CN(Cc2ccncc2)C2CC2)cc1. The van der Waals surface area contributed by atoms with Gasteiger partial charge in [-0.3, -0.25) is 9.88 Å². The van der Waals surface area contributed by atoms with Crippen LogP contribution in [0.4, 0.5) is 0 Å². The third-order valence-corrected chi connectivity index (χ3v) is 3.75. The van der Waals surface area contributed by atoms with Crippen molar-refractivity contribution in [3.63, 3.8) is 0 Å². The van der Waals surface area contributed by atoms with Crippen LogP contribution >= 0.6 is 11.6 Å². The third kappa shape index (κ3) is 3.55. The standard InChI is InChI=1S/C16H17ClN2/c17-15-3-1-13(2-4-15)11-19(16-5-6-16)12-14-7-9-18-10-8-14/h1-4,7-10,16H,5-6,11-12H2. The van der Waals surface area contributed by atoms with Crippen molar-refractivity contribution in [1.82, 2.24) is 9.88 Å². The van der Waals surface area contributed by atoms with Gasteiger partial charge in [0.15, 0.2) is 0 Å². The second-order valence-corrected chi connectivity index (χ2v) is 5.55. The summed E-state index contributed by atoms with van der Waals surface area (Å²) in [5.41, 5.74) is 2.65. The molecular weight excluding hydrogens is 256 g/mol. The molecule has 3 heteroatoms. The van der Waals surface area contributed by atoms with Crippen LogP contribution in [0.2, 0.25) is 5.02 Å². The molecule has 1 heterocycles. The lowest BCUT2D eigenvalue weighted by atomic mass is 10.2. The molecule has 0 N–H and O–H groups in total. The Balaban J connectivity index is 1.69. The maximum absolute atomic E-state index is 5.93. The highest BCUT2D eigenvalue weighted by molar-refractivity contribution is 6.30. The molecule has 98 valence electrons. The molecule has 1 aromatic carbocycles. The number of aromatic nitrogens is 1. The Hall–Kier alpha value is -1.38. The minimum Gasteiger partial charge on any atom is -0.292 e. The number of hydrogen-bond acceptors (Lipinski definition) is 2. The van der Waals surface area contributed by atoms with Gasteiger partial charge in [0, 0.05) is 36.5 Å². The van der Waals surface area contributed by atoms with Gasteiger partial charge >= 0.3 is 0 Å². The molecular formula is C16H17ClN2. The van der Waals surface area contributed by atoms with Crippen LogP contribution < -0.4 is 0 Å². The van der Waals surface area contributed by atoms with E-state index in [1.807, 2.05) is 24.5 Å². The first-order valence-corrected chi connectivity index (χ1v) is 7.06. The van der Waals surface area contributed by atoms with Gasteiger partial charge < -0.3 is 0 Å². The van der Waals surface area contributed by atoms with Gasteiger partial charge in [-0.25, -0.2) is 0 Å². The van der Waals surface area contributed by atoms with E-state index in [0.29, 0.717) is 0 Å². The molecule has 0 aliphatic heterocycles. The van der Waals surface area contributed by atoms with Crippen molar-refractivity contribution >= 4 is 11.6 Å². The Morgan fingerprint density at radius 2 is 1.53 bits per heavy atom. The molecule has 0 unspecified atom stereocenters. The van der Waals surface area contributed by atoms with Gasteiger partial charge in [-0.1, -0.05) is 23.7 Å². The number of benzene rings is 1. The summed E-state index contributed by atoms with van der Waals surface area (Å²) in [6.07, 6.45) is 6.36. The van der Waals surface area contributed by atoms with Crippen LogP contribution in [-0.4, -0.2) is 15.9 Å². The molecule has 19 heavy (non-hydrogen) atoms. The molecule has 1 aliphatic carbocycles. The van der Waals surface area contributed by atoms with E-state index >= 15 is 0 Å². The molecule has 0 radical (unpaired) electrons. The highest BCUT2D eigenvalue weighted by Gasteiger charge is 2.28. The lowest BCUT2D eigenvalue weighted by Gasteiger charge is -2.22. The molecule has 1 saturated carbocycles. The fourth-order valence-corrected chi connectivity index (χ4v) is 2.43. The van der Waals surface area contributed by atoms with Gasteiger partial charge in [0.2, 0.25) is 0 Å². The summed E-state index contributed by atoms with van der Waals surface area (Å²) >= 11 is 5.93. The van der Waals surface area contributed by atoms with Crippen molar-refractivity contribution in [1.29, 1.82) is 0 Å². The Kier molecular flexibility index (Phi) is 3.81. The van der Waals surface area contributed by atoms with Crippen molar-refractivity contribution in [2.24, 2.45) is 0 Å². The Morgan fingerprint density at radius 3 is 2.11 bits per heavy atom. The van der Waals surface area contributed by atoms with E-state index in [1.54, 1.807) is 0 Å². The zero-order valence-corrected chi connectivity index (χ0v) is 11.6. The maximum atomic E-state index is 5.93. The second kappa shape index (κ2) is 5.72. The van der Waals surface area contributed by atoms with E-state index in [2.05, 4.69) is 34.1 Å². The Labute approximate surface area is 119 Å². The van der Waals surface area contributed by atoms with Gasteiger partial charge in [-0.15, -0.1) is 0 Å². The summed E-state index contributed by atoms with van der Waals surface area (Å²) in [7, 11) is 0. The molecule has 1 aromatic heterocycles. The molecule has 2 nitrogen and oxygen atoms in total. The van der Waals surface area contributed by atoms with Crippen LogP contribution in [0.25, 0.3) is 0 Å². The van der Waals surface area contributed by atoms with Crippen molar-refractivity contribution in [2.45, 2.75) is 32.0 Å². The smallest absolute Gasteiger partial charge is 0.0406 e. The average molecular weight is 273 g/mol. The number of nitrogens with zero attached hydrogens (tertiary/aromatic N) is 2. The minimum atomic E-state index is 0.740. The van der Waals surface area contributed by atoms with E-state index in [0.717, 1.165) is 24.2 Å². The number of rotatable bonds is 5. The normalized spacial score (nSPS) is 14.8. The van der Waals surface area contributed by atoms with Crippen LogP contribution in [0.3, 0.4) is 0 Å². The van der Waals surface area contributed by atoms with E-state index in [1.165, 1.54) is 24.0 Å². The quantitative estimate of drug-likeness (QED) is 0.821. The predicted octanol–water partition coefficient (Wildman–Crippen LogP) is 3.90. The van der Waals surface area contributed by atoms with Crippen LogP contribution in [0.1, 0.15) is 24.0 Å². The van der Waals surface area contributed by atoms with Crippen LogP contribution in [0, 0.1) is 0 Å². The first kappa shape index (κ1) is 12.6. The Morgan fingerprint density at radius 1 is 0.947 bits per heavy atom. The molecule has 0 saturated heterocycles. The summed E-state index contributed by atoms with van der Waals surface area (Å²) in [4.78, 5) is 6.61. The van der Waals surface area contributed by atoms with E-state index in [9.17, 15) is 0 Å². The van der Waals surface area contributed by atoms with E-state index in [4.69, 9.17) is 11.6 Å². The molecule has 2 aromatic rings. The van der Waals surface area contributed by atoms with Gasteiger partial charge in [0.1, 0.15) is 0 Å². The molecule has 0 amide bonds. The molecule has 3 rings (SSSR count). The highest BCUT2D eigenvalue weighted by Crippen LogP contribution is 2.29. The monoisotopic (exact) mass is 272 g/mol. The molecule has 0 atom stereocenters. The number of hydrogen-bond donors (Lipinski definition) is 0. The van der Waals surface area contributed by atoms with Crippen LogP contribution in [0.15, 0.2) is 48.8 Å². The second-order valence-electron chi connectivity index (χ2n) is 5.12. The summed E-state index contributed by atoms with van der Waals surface area (Å²) in [6, 6.07) is 13.1. The summed E-state index contributed by atoms with van der Waals surface area (Å²) in [5, 5.41) is 0.802. The van der Waals surface area contributed by atoms with E-state index < -0.39 is 0 Å². The van der Waals surface area contributed by atoms with Crippen molar-refractivity contribution < 1.29 is 0 Å². The molecule has 1 aliphatic rings. The Bertz CT molecular complexity index is 520. The topological polar surface area (TPSA) is 16.1 Å². The van der Waals surface area contributed by atoms with Crippen LogP contribution in [-0.2, 0) is 13.1 Å². The lowest BCUT2D eigenvalue weighted by Crippen LogP contribution is -2.25. The number of pyridine rings is 1. The molecule has 0 bridgehead atoms. The van der Waals surface area contributed by atoms with Crippen LogP contribution in [0.5, 0.6) is 0 Å². The number of halogens is 1. The zero-order valence-electron chi connectivity index (χ0n) is 10.8. The lowest BCUT2D eigenvalue weighted by molar-refractivity contribution is 0.245. The van der Waals surface area contributed by atoms with Gasteiger partial charge in [0.05, 0.1) is 0 Å². The van der Waals surface area contributed by atoms with Crippen molar-refractivity contribution in [3.8, 4) is 0 Å². The summed E-state index contributed by atoms with van der Waals surface area (Å²) in [5.74, 6) is 0. The first-order chi connectivity index (χ1) is 9.31. The van der Waals surface area contributed by atoms with Crippen molar-refractivity contribution in [2.75, 3.05) is 0 Å².